The normalized spacial score (nSPS) is 12.8. The number of hydrogen-bond acceptors (Lipinski definition) is 3. The van der Waals surface area contributed by atoms with Gasteiger partial charge in [-0.1, -0.05) is 37.6 Å². The maximum Gasteiger partial charge on any atom is 0.314 e. The van der Waals surface area contributed by atoms with Crippen molar-refractivity contribution in [2.75, 3.05) is 20.2 Å². The van der Waals surface area contributed by atoms with E-state index in [1.165, 1.54) is 0 Å². The number of benzene rings is 1. The molecule has 0 aliphatic rings. The molecule has 0 bridgehead atoms. The predicted octanol–water partition coefficient (Wildman–Crippen LogP) is 2.88. The van der Waals surface area contributed by atoms with Crippen LogP contribution in [0, 0.1) is 0 Å². The first kappa shape index (κ1) is 18.7. The number of carbonyl (C=O) groups excluding carboxylic acids is 1. The minimum atomic E-state index is -0.856. The third kappa shape index (κ3) is 5.83. The second-order valence-corrected chi connectivity index (χ2v) is 5.71. The lowest BCUT2D eigenvalue weighted by molar-refractivity contribution is 0.0347. The number of urea groups is 1. The lowest BCUT2D eigenvalue weighted by Gasteiger charge is -2.25. The van der Waals surface area contributed by atoms with Gasteiger partial charge in [0.15, 0.2) is 0 Å². The Morgan fingerprint density at radius 2 is 2.05 bits per heavy atom. The number of methoxy groups -OCH3 is 1. The summed E-state index contributed by atoms with van der Waals surface area (Å²) in [7, 11) is 1.58. The Balaban J connectivity index is 2.48. The summed E-state index contributed by atoms with van der Waals surface area (Å²) in [5.74, 6) is 0. The molecule has 3 N–H and O–H groups in total. The molecular weight excluding hydrogens is 304 g/mol. The van der Waals surface area contributed by atoms with E-state index in [0.29, 0.717) is 24.4 Å². The Bertz CT molecular complexity index is 478. The van der Waals surface area contributed by atoms with Crippen LogP contribution in [0.1, 0.15) is 38.4 Å². The molecule has 1 rings (SSSR count). The highest BCUT2D eigenvalue weighted by Gasteiger charge is 2.22. The quantitative estimate of drug-likeness (QED) is 0.687. The van der Waals surface area contributed by atoms with Gasteiger partial charge in [-0.25, -0.2) is 4.79 Å². The van der Waals surface area contributed by atoms with Gasteiger partial charge in [0.05, 0.1) is 11.7 Å². The zero-order valence-electron chi connectivity index (χ0n) is 13.4. The van der Waals surface area contributed by atoms with Crippen molar-refractivity contribution in [3.05, 3.63) is 34.9 Å². The molecule has 0 aliphatic heterocycles. The highest BCUT2D eigenvalue weighted by Crippen LogP contribution is 2.19. The van der Waals surface area contributed by atoms with Crippen molar-refractivity contribution >= 4 is 17.6 Å². The highest BCUT2D eigenvalue weighted by molar-refractivity contribution is 6.30. The Kier molecular flexibility index (Phi) is 7.65. The summed E-state index contributed by atoms with van der Waals surface area (Å²) in [5.41, 5.74) is 0.0410. The van der Waals surface area contributed by atoms with Crippen LogP contribution in [-0.2, 0) is 4.74 Å². The van der Waals surface area contributed by atoms with Gasteiger partial charge in [0.25, 0.3) is 0 Å². The maximum absolute atomic E-state index is 11.8. The van der Waals surface area contributed by atoms with Crippen molar-refractivity contribution in [1.82, 2.24) is 10.6 Å². The smallest absolute Gasteiger partial charge is 0.314 e. The van der Waals surface area contributed by atoms with Crippen molar-refractivity contribution < 1.29 is 14.6 Å². The van der Waals surface area contributed by atoms with E-state index in [9.17, 15) is 9.90 Å². The van der Waals surface area contributed by atoms with Crippen LogP contribution in [0.2, 0.25) is 5.02 Å². The van der Waals surface area contributed by atoms with E-state index in [4.69, 9.17) is 16.3 Å². The molecule has 0 aliphatic carbocycles. The number of amides is 2. The fraction of sp³-hybridized carbons (Fsp3) is 0.562. The molecule has 22 heavy (non-hydrogen) atoms. The minimum absolute atomic E-state index is 0.223. The van der Waals surface area contributed by atoms with Crippen LogP contribution in [-0.4, -0.2) is 36.9 Å². The average molecular weight is 329 g/mol. The molecule has 0 spiro atoms. The van der Waals surface area contributed by atoms with Gasteiger partial charge < -0.3 is 20.5 Å². The fourth-order valence-electron chi connectivity index (χ4n) is 2.04. The fourth-order valence-corrected chi connectivity index (χ4v) is 2.24. The van der Waals surface area contributed by atoms with E-state index < -0.39 is 5.60 Å². The molecule has 124 valence electrons. The lowest BCUT2D eigenvalue weighted by Crippen LogP contribution is -2.46. The molecule has 0 radical (unpaired) electrons. The molecule has 1 aromatic carbocycles. The zero-order chi connectivity index (χ0) is 16.6. The monoisotopic (exact) mass is 328 g/mol. The summed E-state index contributed by atoms with van der Waals surface area (Å²) in [6, 6.07) is 7.00. The summed E-state index contributed by atoms with van der Waals surface area (Å²) in [6.45, 7) is 4.33. The van der Waals surface area contributed by atoms with Crippen LogP contribution in [0.4, 0.5) is 4.79 Å². The molecule has 6 heteroatoms. The molecule has 0 saturated carbocycles. The number of carbonyl (C=O) groups is 1. The number of ether oxygens (including phenoxy) is 1. The summed E-state index contributed by atoms with van der Waals surface area (Å²) in [6.07, 6.45) is 0.903. The van der Waals surface area contributed by atoms with Crippen LogP contribution in [0.5, 0.6) is 0 Å². The Labute approximate surface area is 137 Å². The van der Waals surface area contributed by atoms with E-state index >= 15 is 0 Å². The van der Waals surface area contributed by atoms with Crippen LogP contribution in [0.3, 0.4) is 0 Å². The molecule has 1 atom stereocenters. The second kappa shape index (κ2) is 8.98. The number of halogens is 1. The summed E-state index contributed by atoms with van der Waals surface area (Å²) in [4.78, 5) is 11.8. The molecule has 5 nitrogen and oxygen atoms in total. The van der Waals surface area contributed by atoms with E-state index in [1.807, 2.05) is 32.0 Å². The van der Waals surface area contributed by atoms with Gasteiger partial charge in [0, 0.05) is 25.2 Å². The Hall–Kier alpha value is -1.30. The first-order valence-electron chi connectivity index (χ1n) is 7.46. The van der Waals surface area contributed by atoms with Gasteiger partial charge in [-0.15, -0.1) is 0 Å². The van der Waals surface area contributed by atoms with Gasteiger partial charge in [0.1, 0.15) is 0 Å². The molecule has 0 heterocycles. The lowest BCUT2D eigenvalue weighted by atomic mass is 9.98. The summed E-state index contributed by atoms with van der Waals surface area (Å²) in [5, 5.41) is 16.2. The Morgan fingerprint density at radius 1 is 1.36 bits per heavy atom. The van der Waals surface area contributed by atoms with E-state index in [2.05, 4.69) is 10.6 Å². The van der Waals surface area contributed by atoms with Crippen molar-refractivity contribution in [1.29, 1.82) is 0 Å². The third-order valence-electron chi connectivity index (χ3n) is 3.85. The Morgan fingerprint density at radius 3 is 2.59 bits per heavy atom. The molecule has 0 aromatic heterocycles. The van der Waals surface area contributed by atoms with Gasteiger partial charge in [-0.05, 0) is 30.5 Å². The number of hydrogen-bond donors (Lipinski definition) is 3. The van der Waals surface area contributed by atoms with Crippen molar-refractivity contribution in [3.8, 4) is 0 Å². The molecular formula is C16H25ClN2O3. The zero-order valence-corrected chi connectivity index (χ0v) is 14.1. The molecule has 1 aromatic rings. The number of nitrogens with one attached hydrogen (secondary N) is 2. The first-order valence-corrected chi connectivity index (χ1v) is 7.84. The van der Waals surface area contributed by atoms with Gasteiger partial charge >= 0.3 is 6.03 Å². The topological polar surface area (TPSA) is 70.6 Å². The van der Waals surface area contributed by atoms with Crippen molar-refractivity contribution in [2.24, 2.45) is 0 Å². The SMILES string of the molecule is CCC(O)(CC)CNC(=O)NCC(OC)c1cccc(Cl)c1. The number of aliphatic hydroxyl groups is 1. The standard InChI is InChI=1S/C16H25ClN2O3/c1-4-16(21,5-2)11-19-15(20)18-10-14(22-3)12-7-6-8-13(17)9-12/h6-9,14,21H,4-5,10-11H2,1-3H3,(H2,18,19,20). The van der Waals surface area contributed by atoms with E-state index in [1.54, 1.807) is 13.2 Å². The minimum Gasteiger partial charge on any atom is -0.388 e. The van der Waals surface area contributed by atoms with Crippen LogP contribution >= 0.6 is 11.6 Å². The molecule has 2 amide bonds. The van der Waals surface area contributed by atoms with Crippen LogP contribution in [0.25, 0.3) is 0 Å². The maximum atomic E-state index is 11.8. The predicted molar refractivity (Wildman–Crippen MR) is 88.1 cm³/mol. The largest absolute Gasteiger partial charge is 0.388 e. The second-order valence-electron chi connectivity index (χ2n) is 5.27. The van der Waals surface area contributed by atoms with Crippen LogP contribution < -0.4 is 10.6 Å². The van der Waals surface area contributed by atoms with Crippen molar-refractivity contribution in [3.63, 3.8) is 0 Å². The third-order valence-corrected chi connectivity index (χ3v) is 4.08. The van der Waals surface area contributed by atoms with Crippen molar-refractivity contribution in [2.45, 2.75) is 38.4 Å². The summed E-state index contributed by atoms with van der Waals surface area (Å²) >= 11 is 5.96. The average Bonchev–Trinajstić information content (AvgIpc) is 2.53. The number of rotatable bonds is 8. The summed E-state index contributed by atoms with van der Waals surface area (Å²) < 4.78 is 5.38. The van der Waals surface area contributed by atoms with E-state index in [-0.39, 0.29) is 18.7 Å². The van der Waals surface area contributed by atoms with Crippen LogP contribution in [0.15, 0.2) is 24.3 Å². The van der Waals surface area contributed by atoms with Gasteiger partial charge in [-0.3, -0.25) is 0 Å². The first-order chi connectivity index (χ1) is 10.4. The van der Waals surface area contributed by atoms with Gasteiger partial charge in [-0.2, -0.15) is 0 Å². The highest BCUT2D eigenvalue weighted by atomic mass is 35.5. The molecule has 0 saturated heterocycles. The molecule has 1 unspecified atom stereocenters. The molecule has 0 fully saturated rings. The van der Waals surface area contributed by atoms with Gasteiger partial charge in [0.2, 0.25) is 0 Å². The van der Waals surface area contributed by atoms with E-state index in [0.717, 1.165) is 5.56 Å².